The summed E-state index contributed by atoms with van der Waals surface area (Å²) in [5.74, 6) is 0. The minimum absolute atomic E-state index is 0.391. The van der Waals surface area contributed by atoms with E-state index in [4.69, 9.17) is 11.6 Å². The molecule has 0 saturated carbocycles. The summed E-state index contributed by atoms with van der Waals surface area (Å²) < 4.78 is 0. The maximum atomic E-state index is 9.44. The molecule has 2 N–H and O–H groups in total. The zero-order chi connectivity index (χ0) is 9.97. The van der Waals surface area contributed by atoms with Gasteiger partial charge in [-0.1, -0.05) is 23.7 Å². The first-order chi connectivity index (χ1) is 6.75. The third-order valence-corrected chi connectivity index (χ3v) is 2.49. The number of hydrogen-bond acceptors (Lipinski definition) is 2. The van der Waals surface area contributed by atoms with Crippen molar-refractivity contribution in [2.75, 3.05) is 13.1 Å². The number of hydrogen-bond donors (Lipinski definition) is 2. The number of halogens is 1. The molecule has 1 aromatic rings. The molecular weight excluding hydrogens is 198 g/mol. The molecule has 0 radical (unpaired) electrons. The molecule has 0 fully saturated rings. The van der Waals surface area contributed by atoms with Crippen LogP contribution in [0.3, 0.4) is 0 Å². The Morgan fingerprint density at radius 3 is 3.00 bits per heavy atom. The lowest BCUT2D eigenvalue weighted by Crippen LogP contribution is -2.31. The standard InChI is InChI=1S/C11H12ClNO/c12-10-3-1-2-8(4-10)9-5-11(14)7-13-6-9/h1-5,11,13-14H,6-7H2. The van der Waals surface area contributed by atoms with Gasteiger partial charge in [0.15, 0.2) is 0 Å². The Kier molecular flexibility index (Phi) is 2.87. The summed E-state index contributed by atoms with van der Waals surface area (Å²) in [5.41, 5.74) is 2.18. The Bertz CT molecular complexity index is 362. The van der Waals surface area contributed by atoms with Gasteiger partial charge in [-0.3, -0.25) is 0 Å². The fraction of sp³-hybridized carbons (Fsp3) is 0.273. The number of β-amino-alcohol motifs (C(OH)–C–C–N with tert-alkyl or cyclic N) is 1. The van der Waals surface area contributed by atoms with Gasteiger partial charge in [0.1, 0.15) is 0 Å². The van der Waals surface area contributed by atoms with Crippen LogP contribution < -0.4 is 5.32 Å². The van der Waals surface area contributed by atoms with Crippen LogP contribution >= 0.6 is 11.6 Å². The van der Waals surface area contributed by atoms with Gasteiger partial charge in [0.2, 0.25) is 0 Å². The van der Waals surface area contributed by atoms with Gasteiger partial charge in [-0.2, -0.15) is 0 Å². The van der Waals surface area contributed by atoms with Crippen molar-refractivity contribution in [1.29, 1.82) is 0 Å². The first-order valence-corrected chi connectivity index (χ1v) is 4.99. The predicted octanol–water partition coefficient (Wildman–Crippen LogP) is 1.69. The van der Waals surface area contributed by atoms with E-state index in [2.05, 4.69) is 5.32 Å². The number of benzene rings is 1. The van der Waals surface area contributed by atoms with Crippen molar-refractivity contribution in [3.63, 3.8) is 0 Å². The molecule has 1 unspecified atom stereocenters. The van der Waals surface area contributed by atoms with Gasteiger partial charge in [0.05, 0.1) is 6.10 Å². The summed E-state index contributed by atoms with van der Waals surface area (Å²) in [6.45, 7) is 1.42. The third-order valence-electron chi connectivity index (χ3n) is 2.26. The van der Waals surface area contributed by atoms with Gasteiger partial charge in [0.25, 0.3) is 0 Å². The van der Waals surface area contributed by atoms with E-state index in [0.29, 0.717) is 6.54 Å². The fourth-order valence-corrected chi connectivity index (χ4v) is 1.78. The summed E-state index contributed by atoms with van der Waals surface area (Å²) in [6.07, 6.45) is 1.49. The lowest BCUT2D eigenvalue weighted by atomic mass is 10.0. The van der Waals surface area contributed by atoms with Crippen molar-refractivity contribution in [2.24, 2.45) is 0 Å². The van der Waals surface area contributed by atoms with Crippen molar-refractivity contribution in [3.8, 4) is 0 Å². The van der Waals surface area contributed by atoms with E-state index in [1.165, 1.54) is 0 Å². The quantitative estimate of drug-likeness (QED) is 0.738. The molecule has 1 aromatic carbocycles. The van der Waals surface area contributed by atoms with Crippen molar-refractivity contribution in [2.45, 2.75) is 6.10 Å². The topological polar surface area (TPSA) is 32.3 Å². The minimum Gasteiger partial charge on any atom is -0.388 e. The van der Waals surface area contributed by atoms with Crippen LogP contribution in [0.5, 0.6) is 0 Å². The van der Waals surface area contributed by atoms with Crippen molar-refractivity contribution in [1.82, 2.24) is 5.32 Å². The van der Waals surface area contributed by atoms with Gasteiger partial charge in [-0.05, 0) is 29.3 Å². The highest BCUT2D eigenvalue weighted by molar-refractivity contribution is 6.30. The second-order valence-electron chi connectivity index (χ2n) is 3.40. The van der Waals surface area contributed by atoms with Gasteiger partial charge in [-0.15, -0.1) is 0 Å². The average molecular weight is 210 g/mol. The second kappa shape index (κ2) is 4.13. The predicted molar refractivity (Wildman–Crippen MR) is 58.3 cm³/mol. The molecule has 1 heterocycles. The van der Waals surface area contributed by atoms with Crippen LogP contribution in [0.2, 0.25) is 5.02 Å². The molecule has 1 aliphatic rings. The Balaban J connectivity index is 2.30. The monoisotopic (exact) mass is 209 g/mol. The number of nitrogens with one attached hydrogen (secondary N) is 1. The van der Waals surface area contributed by atoms with Crippen molar-refractivity contribution < 1.29 is 5.11 Å². The summed E-state index contributed by atoms with van der Waals surface area (Å²) in [5, 5.41) is 13.3. The number of aliphatic hydroxyl groups is 1. The molecule has 1 atom stereocenters. The lowest BCUT2D eigenvalue weighted by molar-refractivity contribution is 0.217. The Labute approximate surface area is 88.2 Å². The third kappa shape index (κ3) is 2.15. The summed E-state index contributed by atoms with van der Waals surface area (Å²) in [4.78, 5) is 0. The van der Waals surface area contributed by atoms with E-state index in [0.717, 1.165) is 22.7 Å². The Hall–Kier alpha value is -0.830. The highest BCUT2D eigenvalue weighted by Gasteiger charge is 2.11. The van der Waals surface area contributed by atoms with E-state index >= 15 is 0 Å². The second-order valence-corrected chi connectivity index (χ2v) is 3.84. The molecule has 0 bridgehead atoms. The highest BCUT2D eigenvalue weighted by Crippen LogP contribution is 2.20. The molecule has 2 rings (SSSR count). The van der Waals surface area contributed by atoms with Crippen LogP contribution in [-0.2, 0) is 0 Å². The summed E-state index contributed by atoms with van der Waals surface area (Å²) in [6, 6.07) is 7.67. The number of aliphatic hydroxyl groups excluding tert-OH is 1. The van der Waals surface area contributed by atoms with E-state index in [9.17, 15) is 5.11 Å². The molecule has 0 aliphatic carbocycles. The molecule has 0 aromatic heterocycles. The zero-order valence-electron chi connectivity index (χ0n) is 7.70. The van der Waals surface area contributed by atoms with E-state index < -0.39 is 6.10 Å². The maximum Gasteiger partial charge on any atom is 0.0851 e. The molecule has 3 heteroatoms. The minimum atomic E-state index is -0.391. The summed E-state index contributed by atoms with van der Waals surface area (Å²) in [7, 11) is 0. The van der Waals surface area contributed by atoms with Crippen LogP contribution in [0.1, 0.15) is 5.56 Å². The van der Waals surface area contributed by atoms with E-state index in [1.807, 2.05) is 30.3 Å². The van der Waals surface area contributed by atoms with Crippen molar-refractivity contribution >= 4 is 17.2 Å². The molecule has 74 valence electrons. The Morgan fingerprint density at radius 2 is 2.29 bits per heavy atom. The molecule has 0 amide bonds. The largest absolute Gasteiger partial charge is 0.388 e. The van der Waals surface area contributed by atoms with Gasteiger partial charge < -0.3 is 10.4 Å². The normalized spacial score (nSPS) is 21.9. The average Bonchev–Trinajstić information content (AvgIpc) is 2.18. The first-order valence-electron chi connectivity index (χ1n) is 4.61. The maximum absolute atomic E-state index is 9.44. The molecule has 1 aliphatic heterocycles. The molecular formula is C11H12ClNO. The van der Waals surface area contributed by atoms with Gasteiger partial charge in [-0.25, -0.2) is 0 Å². The lowest BCUT2D eigenvalue weighted by Gasteiger charge is -2.18. The number of rotatable bonds is 1. The van der Waals surface area contributed by atoms with Crippen LogP contribution in [-0.4, -0.2) is 24.3 Å². The van der Waals surface area contributed by atoms with Crippen molar-refractivity contribution in [3.05, 3.63) is 40.9 Å². The van der Waals surface area contributed by atoms with Crippen LogP contribution in [0.4, 0.5) is 0 Å². The molecule has 14 heavy (non-hydrogen) atoms. The highest BCUT2D eigenvalue weighted by atomic mass is 35.5. The fourth-order valence-electron chi connectivity index (χ4n) is 1.59. The smallest absolute Gasteiger partial charge is 0.0851 e. The molecule has 0 spiro atoms. The SMILES string of the molecule is OC1C=C(c2cccc(Cl)c2)CNC1. The van der Waals surface area contributed by atoms with E-state index in [-0.39, 0.29) is 0 Å². The van der Waals surface area contributed by atoms with E-state index in [1.54, 1.807) is 0 Å². The zero-order valence-corrected chi connectivity index (χ0v) is 8.46. The van der Waals surface area contributed by atoms with Crippen LogP contribution in [0.25, 0.3) is 5.57 Å². The molecule has 2 nitrogen and oxygen atoms in total. The Morgan fingerprint density at radius 1 is 1.43 bits per heavy atom. The van der Waals surface area contributed by atoms with Crippen LogP contribution in [0.15, 0.2) is 30.3 Å². The summed E-state index contributed by atoms with van der Waals surface area (Å²) >= 11 is 5.89. The van der Waals surface area contributed by atoms with Crippen LogP contribution in [0, 0.1) is 0 Å². The first kappa shape index (κ1) is 9.71. The van der Waals surface area contributed by atoms with Gasteiger partial charge in [0, 0.05) is 18.1 Å². The van der Waals surface area contributed by atoms with Gasteiger partial charge >= 0.3 is 0 Å². The molecule has 0 saturated heterocycles.